The van der Waals surface area contributed by atoms with Crippen LogP contribution in [-0.4, -0.2) is 39.9 Å². The predicted molar refractivity (Wildman–Crippen MR) is 87.5 cm³/mol. The number of primary amides is 1. The van der Waals surface area contributed by atoms with Gasteiger partial charge in [0.1, 0.15) is 5.54 Å². The number of carbonyl (C=O) groups is 2. The molecule has 1 aromatic rings. The van der Waals surface area contributed by atoms with Gasteiger partial charge in [-0.05, 0) is 18.4 Å². The van der Waals surface area contributed by atoms with Crippen LogP contribution < -0.4 is 11.1 Å². The lowest BCUT2D eigenvalue weighted by molar-refractivity contribution is -0.136. The maximum atomic E-state index is 13.0. The van der Waals surface area contributed by atoms with E-state index in [9.17, 15) is 9.59 Å². The molecule has 1 saturated carbocycles. The molecule has 3 amide bonds. The number of amides is 3. The van der Waals surface area contributed by atoms with E-state index in [2.05, 4.69) is 24.4 Å². The van der Waals surface area contributed by atoms with E-state index in [1.807, 2.05) is 34.9 Å². The molecule has 1 saturated heterocycles. The maximum Gasteiger partial charge on any atom is 0.313 e. The van der Waals surface area contributed by atoms with Gasteiger partial charge in [-0.25, -0.2) is 4.79 Å². The molecule has 1 heterocycles. The highest BCUT2D eigenvalue weighted by atomic mass is 32.2. The van der Waals surface area contributed by atoms with E-state index in [4.69, 9.17) is 5.73 Å². The molecule has 6 heteroatoms. The summed E-state index contributed by atoms with van der Waals surface area (Å²) in [4.78, 5) is 26.1. The summed E-state index contributed by atoms with van der Waals surface area (Å²) in [6.07, 6.45) is 1.35. The Kier molecular flexibility index (Phi) is 4.04. The summed E-state index contributed by atoms with van der Waals surface area (Å²) in [5.41, 5.74) is 5.61. The van der Waals surface area contributed by atoms with Crippen LogP contribution in [0.4, 0.5) is 4.79 Å². The summed E-state index contributed by atoms with van der Waals surface area (Å²) in [6, 6.07) is 9.52. The molecule has 3 rings (SSSR count). The summed E-state index contributed by atoms with van der Waals surface area (Å²) >= 11 is 1.88. The van der Waals surface area contributed by atoms with Gasteiger partial charge in [0.15, 0.2) is 0 Å². The summed E-state index contributed by atoms with van der Waals surface area (Å²) in [6.45, 7) is 2.86. The molecule has 2 fully saturated rings. The lowest BCUT2D eigenvalue weighted by Gasteiger charge is -2.41. The molecule has 22 heavy (non-hydrogen) atoms. The Morgan fingerprint density at radius 2 is 2.00 bits per heavy atom. The monoisotopic (exact) mass is 319 g/mol. The standard InChI is InChI=1S/C16H21N3O2S/c1-11-13(12-5-3-2-4-6-12)19(9-10-22-11)14(20)16(7-8-16)18-15(17)21/h2-6,11,13H,7-10H2,1H3,(H3,17,18,21). The molecule has 5 nitrogen and oxygen atoms in total. The third-order valence-corrected chi connectivity index (χ3v) is 5.62. The molecule has 0 bridgehead atoms. The molecule has 0 radical (unpaired) electrons. The number of nitrogens with zero attached hydrogens (tertiary/aromatic N) is 1. The van der Waals surface area contributed by atoms with Gasteiger partial charge in [0, 0.05) is 17.5 Å². The zero-order valence-corrected chi connectivity index (χ0v) is 13.4. The second-order valence-corrected chi connectivity index (χ2v) is 7.49. The van der Waals surface area contributed by atoms with E-state index >= 15 is 0 Å². The Balaban J connectivity index is 1.87. The molecule has 0 spiro atoms. The summed E-state index contributed by atoms with van der Waals surface area (Å²) in [7, 11) is 0. The summed E-state index contributed by atoms with van der Waals surface area (Å²) < 4.78 is 0. The molecular weight excluding hydrogens is 298 g/mol. The van der Waals surface area contributed by atoms with Gasteiger partial charge < -0.3 is 16.0 Å². The van der Waals surface area contributed by atoms with E-state index in [-0.39, 0.29) is 11.9 Å². The summed E-state index contributed by atoms with van der Waals surface area (Å²) in [5.74, 6) is 0.926. The largest absolute Gasteiger partial charge is 0.352 e. The number of hydrogen-bond donors (Lipinski definition) is 2. The Morgan fingerprint density at radius 3 is 2.59 bits per heavy atom. The number of carbonyl (C=O) groups excluding carboxylic acids is 2. The molecule has 118 valence electrons. The number of nitrogens with one attached hydrogen (secondary N) is 1. The first-order chi connectivity index (χ1) is 10.5. The van der Waals surface area contributed by atoms with E-state index in [0.29, 0.717) is 24.6 Å². The first-order valence-corrected chi connectivity index (χ1v) is 8.64. The lowest BCUT2D eigenvalue weighted by Crippen LogP contribution is -2.55. The number of hydrogen-bond acceptors (Lipinski definition) is 3. The van der Waals surface area contributed by atoms with Crippen LogP contribution in [0.25, 0.3) is 0 Å². The normalized spacial score (nSPS) is 26.3. The first-order valence-electron chi connectivity index (χ1n) is 7.59. The number of urea groups is 1. The van der Waals surface area contributed by atoms with Crippen molar-refractivity contribution in [3.8, 4) is 0 Å². The van der Waals surface area contributed by atoms with Gasteiger partial charge in [0.25, 0.3) is 0 Å². The lowest BCUT2D eigenvalue weighted by atomic mass is 10.0. The summed E-state index contributed by atoms with van der Waals surface area (Å²) in [5, 5.41) is 2.98. The highest BCUT2D eigenvalue weighted by Gasteiger charge is 2.54. The molecule has 2 atom stereocenters. The van der Waals surface area contributed by atoms with Crippen molar-refractivity contribution in [3.63, 3.8) is 0 Å². The quantitative estimate of drug-likeness (QED) is 0.893. The Morgan fingerprint density at radius 1 is 1.32 bits per heavy atom. The first kappa shape index (κ1) is 15.2. The van der Waals surface area contributed by atoms with Crippen LogP contribution in [0.5, 0.6) is 0 Å². The van der Waals surface area contributed by atoms with Crippen molar-refractivity contribution in [2.24, 2.45) is 5.73 Å². The Bertz CT molecular complexity index is 574. The Labute approximate surface area is 134 Å². The average Bonchev–Trinajstić information content (AvgIpc) is 3.27. The zero-order chi connectivity index (χ0) is 15.7. The van der Waals surface area contributed by atoms with Crippen LogP contribution in [0.15, 0.2) is 30.3 Å². The van der Waals surface area contributed by atoms with Crippen LogP contribution >= 0.6 is 11.8 Å². The van der Waals surface area contributed by atoms with Crippen LogP contribution in [-0.2, 0) is 4.79 Å². The predicted octanol–water partition coefficient (Wildman–Crippen LogP) is 1.89. The van der Waals surface area contributed by atoms with Gasteiger partial charge in [-0.3, -0.25) is 4.79 Å². The van der Waals surface area contributed by atoms with E-state index in [1.54, 1.807) is 0 Å². The molecule has 0 aromatic heterocycles. The number of nitrogens with two attached hydrogens (primary N) is 1. The zero-order valence-electron chi connectivity index (χ0n) is 12.6. The third-order valence-electron chi connectivity index (χ3n) is 4.42. The molecule has 2 unspecified atom stereocenters. The van der Waals surface area contributed by atoms with Gasteiger partial charge in [-0.2, -0.15) is 11.8 Å². The second-order valence-electron chi connectivity index (χ2n) is 6.00. The van der Waals surface area contributed by atoms with Crippen molar-refractivity contribution >= 4 is 23.7 Å². The van der Waals surface area contributed by atoms with Gasteiger partial charge in [-0.1, -0.05) is 37.3 Å². The van der Waals surface area contributed by atoms with Gasteiger partial charge >= 0.3 is 6.03 Å². The van der Waals surface area contributed by atoms with Crippen molar-refractivity contribution in [2.75, 3.05) is 12.3 Å². The molecule has 1 aliphatic heterocycles. The number of benzene rings is 1. The van der Waals surface area contributed by atoms with Gasteiger partial charge in [0.2, 0.25) is 5.91 Å². The van der Waals surface area contributed by atoms with Crippen molar-refractivity contribution in [3.05, 3.63) is 35.9 Å². The average molecular weight is 319 g/mol. The highest BCUT2D eigenvalue weighted by Crippen LogP contribution is 2.43. The molecular formula is C16H21N3O2S. The van der Waals surface area contributed by atoms with Crippen molar-refractivity contribution in [1.29, 1.82) is 0 Å². The second kappa shape index (κ2) is 5.83. The minimum atomic E-state index is -0.763. The number of rotatable bonds is 3. The molecule has 1 aliphatic carbocycles. The third kappa shape index (κ3) is 2.79. The van der Waals surface area contributed by atoms with Crippen molar-refractivity contribution in [2.45, 2.75) is 36.6 Å². The van der Waals surface area contributed by atoms with Crippen molar-refractivity contribution < 1.29 is 9.59 Å². The Hall–Kier alpha value is -1.69. The van der Waals surface area contributed by atoms with E-state index < -0.39 is 11.6 Å². The van der Waals surface area contributed by atoms with E-state index in [1.165, 1.54) is 0 Å². The smallest absolute Gasteiger partial charge is 0.313 e. The highest BCUT2D eigenvalue weighted by molar-refractivity contribution is 8.00. The molecule has 1 aromatic carbocycles. The maximum absolute atomic E-state index is 13.0. The molecule has 3 N–H and O–H groups in total. The van der Waals surface area contributed by atoms with Gasteiger partial charge in [-0.15, -0.1) is 0 Å². The minimum absolute atomic E-state index is 0.00676. The fraction of sp³-hybridized carbons (Fsp3) is 0.500. The fourth-order valence-corrected chi connectivity index (χ4v) is 4.34. The van der Waals surface area contributed by atoms with Crippen LogP contribution in [0, 0.1) is 0 Å². The van der Waals surface area contributed by atoms with Gasteiger partial charge in [0.05, 0.1) is 6.04 Å². The molecule has 2 aliphatic rings. The van der Waals surface area contributed by atoms with Crippen LogP contribution in [0.2, 0.25) is 0 Å². The SMILES string of the molecule is CC1SCCN(C(=O)C2(NC(N)=O)CC2)C1c1ccccc1. The minimum Gasteiger partial charge on any atom is -0.352 e. The fourth-order valence-electron chi connectivity index (χ4n) is 3.18. The number of thioether (sulfide) groups is 1. The van der Waals surface area contributed by atoms with Crippen molar-refractivity contribution in [1.82, 2.24) is 10.2 Å². The van der Waals surface area contributed by atoms with E-state index in [0.717, 1.165) is 11.3 Å². The topological polar surface area (TPSA) is 75.4 Å². The van der Waals surface area contributed by atoms with Crippen LogP contribution in [0.3, 0.4) is 0 Å². The van der Waals surface area contributed by atoms with Crippen LogP contribution in [0.1, 0.15) is 31.4 Å².